The first-order chi connectivity index (χ1) is 12.0. The molecule has 132 valence electrons. The lowest BCUT2D eigenvalue weighted by atomic mass is 9.61. The molecule has 2 aromatic rings. The van der Waals surface area contributed by atoms with Gasteiger partial charge in [0.15, 0.2) is 0 Å². The molecule has 1 aliphatic carbocycles. The van der Waals surface area contributed by atoms with E-state index >= 15 is 0 Å². The Labute approximate surface area is 153 Å². The number of carbonyl (C=O) groups excluding carboxylic acids is 1. The molecule has 8 heteroatoms. The molecule has 0 unspecified atom stereocenters. The molecule has 2 aromatic heterocycles. The minimum Gasteiger partial charge on any atom is -0.465 e. The van der Waals surface area contributed by atoms with Gasteiger partial charge < -0.3 is 19.7 Å². The summed E-state index contributed by atoms with van der Waals surface area (Å²) in [7, 11) is 0. The zero-order chi connectivity index (χ0) is 17.7. The maximum Gasteiger partial charge on any atom is 0.407 e. The van der Waals surface area contributed by atoms with Crippen LogP contribution < -0.4 is 5.32 Å². The van der Waals surface area contributed by atoms with Crippen LogP contribution >= 0.6 is 15.9 Å². The van der Waals surface area contributed by atoms with Gasteiger partial charge in [-0.25, -0.2) is 9.78 Å². The molecular formula is C17H19BrN4O3. The minimum absolute atomic E-state index is 0.00513. The Morgan fingerprint density at radius 3 is 2.80 bits per heavy atom. The molecule has 7 nitrogen and oxygen atoms in total. The predicted molar refractivity (Wildman–Crippen MR) is 94.1 cm³/mol. The Hall–Kier alpha value is -2.09. The second kappa shape index (κ2) is 6.01. The highest BCUT2D eigenvalue weighted by molar-refractivity contribution is 9.10. The molecule has 0 aromatic carbocycles. The van der Waals surface area contributed by atoms with Crippen LogP contribution in [0.25, 0.3) is 5.52 Å². The van der Waals surface area contributed by atoms with Gasteiger partial charge in [-0.1, -0.05) is 0 Å². The number of rotatable bonds is 3. The summed E-state index contributed by atoms with van der Waals surface area (Å²) in [6, 6.07) is 3.66. The van der Waals surface area contributed by atoms with Crippen molar-refractivity contribution in [2.24, 2.45) is 17.8 Å². The highest BCUT2D eigenvalue weighted by Gasteiger charge is 2.51. The first-order valence-corrected chi connectivity index (χ1v) is 9.14. The topological polar surface area (TPSA) is 86.9 Å². The SMILES string of the molecule is C[C@@H](NC(=O)[C@@H]1[C@@H]2C[C@H]1CN(C(=O)O)C2)c1ncc2c(Br)cccn12. The molecule has 1 saturated carbocycles. The van der Waals surface area contributed by atoms with Crippen LogP contribution in [-0.4, -0.2) is 44.5 Å². The zero-order valence-corrected chi connectivity index (χ0v) is 15.3. The van der Waals surface area contributed by atoms with Crippen LogP contribution in [0.2, 0.25) is 0 Å². The van der Waals surface area contributed by atoms with Crippen LogP contribution in [-0.2, 0) is 4.79 Å². The maximum absolute atomic E-state index is 12.7. The van der Waals surface area contributed by atoms with E-state index in [1.54, 1.807) is 6.20 Å². The third kappa shape index (κ3) is 2.68. The monoisotopic (exact) mass is 406 g/mol. The number of likely N-dealkylation sites (tertiary alicyclic amines) is 1. The quantitative estimate of drug-likeness (QED) is 0.819. The fourth-order valence-corrected chi connectivity index (χ4v) is 4.62. The Bertz CT molecular complexity index is 840. The van der Waals surface area contributed by atoms with Crippen LogP contribution in [0.3, 0.4) is 0 Å². The van der Waals surface area contributed by atoms with Gasteiger partial charge in [-0.2, -0.15) is 0 Å². The van der Waals surface area contributed by atoms with E-state index in [1.807, 2.05) is 29.7 Å². The third-order valence-electron chi connectivity index (χ3n) is 5.40. The number of halogens is 1. The number of amides is 2. The fraction of sp³-hybridized carbons (Fsp3) is 0.471. The highest BCUT2D eigenvalue weighted by Crippen LogP contribution is 2.45. The van der Waals surface area contributed by atoms with Crippen LogP contribution in [0.5, 0.6) is 0 Å². The Kier molecular flexibility index (Phi) is 3.94. The molecule has 2 bridgehead atoms. The molecule has 2 fully saturated rings. The summed E-state index contributed by atoms with van der Waals surface area (Å²) in [5.74, 6) is 0.962. The molecule has 2 amide bonds. The molecule has 0 radical (unpaired) electrons. The lowest BCUT2D eigenvalue weighted by Crippen LogP contribution is -2.60. The van der Waals surface area contributed by atoms with Crippen LogP contribution in [0.1, 0.15) is 25.2 Å². The summed E-state index contributed by atoms with van der Waals surface area (Å²) in [5, 5.41) is 12.2. The van der Waals surface area contributed by atoms with E-state index in [9.17, 15) is 9.59 Å². The number of imidazole rings is 1. The van der Waals surface area contributed by atoms with Gasteiger partial charge >= 0.3 is 6.09 Å². The number of aromatic nitrogens is 2. The Morgan fingerprint density at radius 2 is 2.12 bits per heavy atom. The molecule has 4 atom stereocenters. The van der Waals surface area contributed by atoms with E-state index in [2.05, 4.69) is 26.2 Å². The summed E-state index contributed by atoms with van der Waals surface area (Å²) >= 11 is 3.50. The van der Waals surface area contributed by atoms with Crippen molar-refractivity contribution >= 4 is 33.4 Å². The Balaban J connectivity index is 1.46. The molecule has 0 spiro atoms. The van der Waals surface area contributed by atoms with E-state index in [4.69, 9.17) is 5.11 Å². The average Bonchev–Trinajstić information content (AvgIpc) is 3.00. The number of hydrogen-bond donors (Lipinski definition) is 2. The number of nitrogens with zero attached hydrogens (tertiary/aromatic N) is 3. The maximum atomic E-state index is 12.7. The van der Waals surface area contributed by atoms with E-state index in [0.717, 1.165) is 22.2 Å². The van der Waals surface area contributed by atoms with Gasteiger partial charge in [0, 0.05) is 29.7 Å². The number of hydrogen-bond acceptors (Lipinski definition) is 3. The minimum atomic E-state index is -0.892. The van der Waals surface area contributed by atoms with E-state index in [0.29, 0.717) is 13.1 Å². The largest absolute Gasteiger partial charge is 0.465 e. The van der Waals surface area contributed by atoms with Gasteiger partial charge in [0.05, 0.1) is 17.8 Å². The van der Waals surface area contributed by atoms with Crippen LogP contribution in [0, 0.1) is 17.8 Å². The first-order valence-electron chi connectivity index (χ1n) is 8.35. The van der Waals surface area contributed by atoms with Gasteiger partial charge in [0.2, 0.25) is 5.91 Å². The van der Waals surface area contributed by atoms with Gasteiger partial charge in [0.25, 0.3) is 0 Å². The van der Waals surface area contributed by atoms with Crippen LogP contribution in [0.4, 0.5) is 4.79 Å². The fourth-order valence-electron chi connectivity index (χ4n) is 4.17. The summed E-state index contributed by atoms with van der Waals surface area (Å²) in [6.45, 7) is 2.83. The number of fused-ring (bicyclic) bond motifs is 3. The second-order valence-corrected chi connectivity index (χ2v) is 7.78. The lowest BCUT2D eigenvalue weighted by Gasteiger charge is -2.51. The summed E-state index contributed by atoms with van der Waals surface area (Å²) < 4.78 is 2.91. The zero-order valence-electron chi connectivity index (χ0n) is 13.7. The van der Waals surface area contributed by atoms with E-state index in [-0.39, 0.29) is 29.7 Å². The molecule has 4 rings (SSSR count). The molecule has 2 N–H and O–H groups in total. The number of piperidine rings is 2. The molecule has 1 aliphatic heterocycles. The van der Waals surface area contributed by atoms with E-state index < -0.39 is 6.09 Å². The van der Waals surface area contributed by atoms with Crippen molar-refractivity contribution in [3.05, 3.63) is 34.8 Å². The van der Waals surface area contributed by atoms with E-state index in [1.165, 1.54) is 4.90 Å². The standard InChI is InChI=1S/C17H19BrN4O3/c1-9(15-19-6-13-12(18)3-2-4-22(13)15)20-16(23)14-10-5-11(14)8-21(7-10)17(24)25/h2-4,6,9-11,14H,5,7-8H2,1H3,(H,20,23)(H,24,25)/t9-,10-,11+,14-/m1/s1. The normalized spacial score (nSPS) is 26.2. The van der Waals surface area contributed by atoms with Crippen molar-refractivity contribution < 1.29 is 14.7 Å². The molecule has 2 aliphatic rings. The van der Waals surface area contributed by atoms with Crippen LogP contribution in [0.15, 0.2) is 29.0 Å². The van der Waals surface area contributed by atoms with Crippen molar-refractivity contribution in [1.82, 2.24) is 19.6 Å². The van der Waals surface area contributed by atoms with Gasteiger partial charge in [-0.05, 0) is 53.2 Å². The number of pyridine rings is 1. The van der Waals surface area contributed by atoms with Crippen molar-refractivity contribution in [2.45, 2.75) is 19.4 Å². The Morgan fingerprint density at radius 1 is 1.40 bits per heavy atom. The third-order valence-corrected chi connectivity index (χ3v) is 6.07. The number of nitrogens with one attached hydrogen (secondary N) is 1. The summed E-state index contributed by atoms with van der Waals surface area (Å²) in [5.41, 5.74) is 0.955. The van der Waals surface area contributed by atoms with Crippen molar-refractivity contribution in [3.63, 3.8) is 0 Å². The number of carboxylic acid groups (broad SMARTS) is 1. The van der Waals surface area contributed by atoms with Crippen molar-refractivity contribution in [3.8, 4) is 0 Å². The second-order valence-electron chi connectivity index (χ2n) is 6.93. The lowest BCUT2D eigenvalue weighted by molar-refractivity contribution is -0.141. The first kappa shape index (κ1) is 16.4. The predicted octanol–water partition coefficient (Wildman–Crippen LogP) is 2.52. The van der Waals surface area contributed by atoms with Gasteiger partial charge in [-0.3, -0.25) is 4.79 Å². The molecule has 25 heavy (non-hydrogen) atoms. The highest BCUT2D eigenvalue weighted by atomic mass is 79.9. The molecular weight excluding hydrogens is 388 g/mol. The summed E-state index contributed by atoms with van der Waals surface area (Å²) in [4.78, 5) is 29.7. The van der Waals surface area contributed by atoms with Gasteiger partial charge in [-0.15, -0.1) is 0 Å². The van der Waals surface area contributed by atoms with Gasteiger partial charge in [0.1, 0.15) is 5.82 Å². The average molecular weight is 407 g/mol. The number of carbonyl (C=O) groups is 2. The summed E-state index contributed by atoms with van der Waals surface area (Å²) in [6.07, 6.45) is 3.75. The van der Waals surface area contributed by atoms with Crippen molar-refractivity contribution in [1.29, 1.82) is 0 Å². The molecule has 3 heterocycles. The molecule has 1 saturated heterocycles. The smallest absolute Gasteiger partial charge is 0.407 e. The van der Waals surface area contributed by atoms with Crippen molar-refractivity contribution in [2.75, 3.05) is 13.1 Å².